The van der Waals surface area contributed by atoms with Gasteiger partial charge in [-0.25, -0.2) is 9.36 Å². The maximum atomic E-state index is 11.3. The van der Waals surface area contributed by atoms with E-state index in [9.17, 15) is 9.59 Å². The number of hydrogen-bond donors (Lipinski definition) is 0. The lowest BCUT2D eigenvalue weighted by Gasteiger charge is -2.26. The molecule has 1 fully saturated rings. The Labute approximate surface area is 85.7 Å². The minimum atomic E-state index is -0.635. The molecule has 0 radical (unpaired) electrons. The molecule has 0 aromatic carbocycles. The number of aromatic nitrogens is 1. The molecule has 0 N–H and O–H groups in total. The van der Waals surface area contributed by atoms with Crippen LogP contribution in [-0.4, -0.2) is 30.9 Å². The molecule has 6 heteroatoms. The van der Waals surface area contributed by atoms with E-state index in [-0.39, 0.29) is 5.56 Å². The molecule has 1 aliphatic rings. The maximum absolute atomic E-state index is 11.3. The molecule has 0 saturated carbocycles. The Bertz CT molecular complexity index is 425. The minimum Gasteiger partial charge on any atom is -0.393 e. The highest BCUT2D eigenvalue weighted by Crippen LogP contribution is 2.10. The Balaban J connectivity index is 2.36. The highest BCUT2D eigenvalue weighted by Gasteiger charge is 2.15. The zero-order chi connectivity index (χ0) is 10.8. The molecule has 1 aromatic rings. The van der Waals surface area contributed by atoms with Crippen molar-refractivity contribution in [2.45, 2.75) is 0 Å². The number of anilines is 1. The zero-order valence-corrected chi connectivity index (χ0v) is 8.43. The largest absolute Gasteiger partial charge is 0.423 e. The van der Waals surface area contributed by atoms with Gasteiger partial charge >= 0.3 is 5.76 Å². The summed E-state index contributed by atoms with van der Waals surface area (Å²) in [6.45, 7) is 2.43. The lowest BCUT2D eigenvalue weighted by atomic mass is 10.4. The van der Waals surface area contributed by atoms with Crippen LogP contribution in [0.3, 0.4) is 0 Å². The molecule has 2 heterocycles. The van der Waals surface area contributed by atoms with E-state index >= 15 is 0 Å². The smallest absolute Gasteiger partial charge is 0.393 e. The van der Waals surface area contributed by atoms with Gasteiger partial charge in [-0.1, -0.05) is 0 Å². The fourth-order valence-electron chi connectivity index (χ4n) is 1.42. The Morgan fingerprint density at radius 1 is 1.27 bits per heavy atom. The summed E-state index contributed by atoms with van der Waals surface area (Å²) in [5.41, 5.74) is -0.354. The van der Waals surface area contributed by atoms with Crippen LogP contribution in [0.1, 0.15) is 0 Å². The third kappa shape index (κ3) is 1.94. The molecule has 0 atom stereocenters. The van der Waals surface area contributed by atoms with E-state index in [0.29, 0.717) is 32.2 Å². The second kappa shape index (κ2) is 3.90. The molecule has 1 aliphatic heterocycles. The van der Waals surface area contributed by atoms with Gasteiger partial charge in [0.2, 0.25) is 5.88 Å². The van der Waals surface area contributed by atoms with Gasteiger partial charge in [-0.05, 0) is 0 Å². The third-order valence-electron chi connectivity index (χ3n) is 2.37. The van der Waals surface area contributed by atoms with Gasteiger partial charge in [0.05, 0.1) is 19.3 Å². The maximum Gasteiger partial charge on any atom is 0.423 e. The summed E-state index contributed by atoms with van der Waals surface area (Å²) >= 11 is 0. The van der Waals surface area contributed by atoms with Crippen molar-refractivity contribution in [2.24, 2.45) is 7.05 Å². The standard InChI is InChI=1S/C9H12N2O4/c1-10-7(12)6-8(15-9(10)13)11-2-4-14-5-3-11/h6H,2-5H2,1H3. The quantitative estimate of drug-likeness (QED) is 0.608. The Morgan fingerprint density at radius 2 is 1.93 bits per heavy atom. The molecule has 82 valence electrons. The van der Waals surface area contributed by atoms with Crippen LogP contribution in [-0.2, 0) is 11.8 Å². The summed E-state index contributed by atoms with van der Waals surface area (Å²) in [5.74, 6) is -0.310. The SMILES string of the molecule is Cn1c(=O)cc(N2CCOCC2)oc1=O. The predicted octanol–water partition coefficient (Wildman–Crippen LogP) is -0.825. The monoisotopic (exact) mass is 212 g/mol. The van der Waals surface area contributed by atoms with Gasteiger partial charge in [0, 0.05) is 20.1 Å². The summed E-state index contributed by atoms with van der Waals surface area (Å²) < 4.78 is 11.1. The normalized spacial score (nSPS) is 16.7. The molecular weight excluding hydrogens is 200 g/mol. The van der Waals surface area contributed by atoms with E-state index in [1.807, 2.05) is 4.90 Å². The van der Waals surface area contributed by atoms with Crippen molar-refractivity contribution in [2.75, 3.05) is 31.2 Å². The molecule has 0 spiro atoms. The predicted molar refractivity (Wildman–Crippen MR) is 53.3 cm³/mol. The number of morpholine rings is 1. The minimum absolute atomic E-state index is 0.325. The summed E-state index contributed by atoms with van der Waals surface area (Å²) in [4.78, 5) is 24.4. The first kappa shape index (κ1) is 9.97. The Morgan fingerprint density at radius 3 is 2.53 bits per heavy atom. The topological polar surface area (TPSA) is 64.7 Å². The zero-order valence-electron chi connectivity index (χ0n) is 8.43. The summed E-state index contributed by atoms with van der Waals surface area (Å²) in [6.07, 6.45) is 0. The molecule has 15 heavy (non-hydrogen) atoms. The summed E-state index contributed by atoms with van der Waals surface area (Å²) in [6, 6.07) is 1.33. The van der Waals surface area contributed by atoms with Gasteiger partial charge in [-0.15, -0.1) is 0 Å². The fourth-order valence-corrected chi connectivity index (χ4v) is 1.42. The van der Waals surface area contributed by atoms with E-state index in [1.54, 1.807) is 0 Å². The Kier molecular flexibility index (Phi) is 2.59. The van der Waals surface area contributed by atoms with Crippen LogP contribution < -0.4 is 16.2 Å². The lowest BCUT2D eigenvalue weighted by Crippen LogP contribution is -2.39. The van der Waals surface area contributed by atoms with Gasteiger partial charge in [0.15, 0.2) is 0 Å². The van der Waals surface area contributed by atoms with E-state index < -0.39 is 5.76 Å². The fraction of sp³-hybridized carbons (Fsp3) is 0.556. The first-order chi connectivity index (χ1) is 7.18. The van der Waals surface area contributed by atoms with Gasteiger partial charge in [0.25, 0.3) is 5.56 Å². The molecule has 0 amide bonds. The van der Waals surface area contributed by atoms with Crippen molar-refractivity contribution < 1.29 is 9.15 Å². The molecule has 1 saturated heterocycles. The number of rotatable bonds is 1. The van der Waals surface area contributed by atoms with Crippen LogP contribution in [0.2, 0.25) is 0 Å². The van der Waals surface area contributed by atoms with Crippen molar-refractivity contribution in [1.82, 2.24) is 4.57 Å². The van der Waals surface area contributed by atoms with Crippen LogP contribution in [0.5, 0.6) is 0 Å². The highest BCUT2D eigenvalue weighted by atomic mass is 16.5. The van der Waals surface area contributed by atoms with E-state index in [1.165, 1.54) is 13.1 Å². The summed E-state index contributed by atoms with van der Waals surface area (Å²) in [7, 11) is 1.39. The average molecular weight is 212 g/mol. The van der Waals surface area contributed by atoms with Crippen molar-refractivity contribution >= 4 is 5.88 Å². The van der Waals surface area contributed by atoms with Gasteiger partial charge in [-0.3, -0.25) is 4.79 Å². The van der Waals surface area contributed by atoms with Crippen molar-refractivity contribution in [3.63, 3.8) is 0 Å². The van der Waals surface area contributed by atoms with Crippen LogP contribution in [0.15, 0.2) is 20.1 Å². The van der Waals surface area contributed by atoms with Gasteiger partial charge in [0.1, 0.15) is 0 Å². The number of hydrogen-bond acceptors (Lipinski definition) is 5. The van der Waals surface area contributed by atoms with Crippen LogP contribution in [0.4, 0.5) is 5.88 Å². The highest BCUT2D eigenvalue weighted by molar-refractivity contribution is 5.33. The van der Waals surface area contributed by atoms with Gasteiger partial charge < -0.3 is 14.1 Å². The average Bonchev–Trinajstić information content (AvgIpc) is 2.26. The molecule has 6 nitrogen and oxygen atoms in total. The molecule has 1 aromatic heterocycles. The van der Waals surface area contributed by atoms with E-state index in [4.69, 9.17) is 9.15 Å². The molecule has 0 bridgehead atoms. The Hall–Kier alpha value is -1.56. The molecule has 0 aliphatic carbocycles. The van der Waals surface area contributed by atoms with Crippen LogP contribution >= 0.6 is 0 Å². The van der Waals surface area contributed by atoms with E-state index in [2.05, 4.69) is 0 Å². The van der Waals surface area contributed by atoms with E-state index in [0.717, 1.165) is 4.57 Å². The second-order valence-corrected chi connectivity index (χ2v) is 3.35. The third-order valence-corrected chi connectivity index (χ3v) is 2.37. The first-order valence-corrected chi connectivity index (χ1v) is 4.72. The molecule has 2 rings (SSSR count). The van der Waals surface area contributed by atoms with Crippen molar-refractivity contribution in [1.29, 1.82) is 0 Å². The molecule has 0 unspecified atom stereocenters. The van der Waals surface area contributed by atoms with Crippen molar-refractivity contribution in [3.8, 4) is 0 Å². The van der Waals surface area contributed by atoms with Crippen molar-refractivity contribution in [3.05, 3.63) is 27.0 Å². The second-order valence-electron chi connectivity index (χ2n) is 3.35. The van der Waals surface area contributed by atoms with Gasteiger partial charge in [-0.2, -0.15) is 0 Å². The first-order valence-electron chi connectivity index (χ1n) is 4.72. The summed E-state index contributed by atoms with van der Waals surface area (Å²) in [5, 5.41) is 0. The number of ether oxygens (including phenoxy) is 1. The van der Waals surface area contributed by atoms with Crippen LogP contribution in [0, 0.1) is 0 Å². The number of nitrogens with zero attached hydrogens (tertiary/aromatic N) is 2. The molecular formula is C9H12N2O4. The lowest BCUT2D eigenvalue weighted by molar-refractivity contribution is 0.120. The van der Waals surface area contributed by atoms with Crippen LogP contribution in [0.25, 0.3) is 0 Å².